The van der Waals surface area contributed by atoms with Gasteiger partial charge in [-0.3, -0.25) is 0 Å². The molecule has 0 radical (unpaired) electrons. The number of carbonyl (C=O) groups is 1. The van der Waals surface area contributed by atoms with Crippen LogP contribution in [-0.4, -0.2) is 37.3 Å². The van der Waals surface area contributed by atoms with Crippen LogP contribution < -0.4 is 5.32 Å². The van der Waals surface area contributed by atoms with Gasteiger partial charge in [-0.1, -0.05) is 102 Å². The zero-order chi connectivity index (χ0) is 24.0. The molecule has 0 fully saturated rings. The number of nitrogens with one attached hydrogen (secondary N) is 1. The van der Waals surface area contributed by atoms with E-state index in [1.165, 1.54) is 63.4 Å². The summed E-state index contributed by atoms with van der Waals surface area (Å²) in [5.74, 6) is 0.924. The van der Waals surface area contributed by atoms with Crippen molar-refractivity contribution in [2.75, 3.05) is 20.2 Å². The van der Waals surface area contributed by atoms with E-state index in [4.69, 9.17) is 9.94 Å². The van der Waals surface area contributed by atoms with Crippen LogP contribution in [0.15, 0.2) is 41.8 Å². The molecule has 0 aliphatic heterocycles. The van der Waals surface area contributed by atoms with Crippen molar-refractivity contribution in [1.82, 2.24) is 5.32 Å². The molecule has 0 spiro atoms. The van der Waals surface area contributed by atoms with Crippen molar-refractivity contribution in [1.29, 1.82) is 0 Å². The van der Waals surface area contributed by atoms with Crippen LogP contribution in [0, 0.1) is 5.92 Å². The lowest BCUT2D eigenvalue weighted by Gasteiger charge is -2.12. The number of oxime groups is 1. The minimum atomic E-state index is -0.0243. The molecular formula is C27H46N2O3. The Morgan fingerprint density at radius 3 is 2.16 bits per heavy atom. The van der Waals surface area contributed by atoms with Crippen LogP contribution in [-0.2, 0) is 16.1 Å². The Labute approximate surface area is 196 Å². The average molecular weight is 447 g/mol. The van der Waals surface area contributed by atoms with E-state index in [1.807, 2.05) is 7.05 Å². The van der Waals surface area contributed by atoms with Gasteiger partial charge < -0.3 is 20.1 Å². The lowest BCUT2D eigenvalue weighted by Crippen LogP contribution is -2.13. The monoisotopic (exact) mass is 446 g/mol. The van der Waals surface area contributed by atoms with Gasteiger partial charge in [-0.15, -0.1) is 0 Å². The van der Waals surface area contributed by atoms with Gasteiger partial charge in [0.15, 0.2) is 0 Å². The predicted molar refractivity (Wildman–Crippen MR) is 136 cm³/mol. The Balaban J connectivity index is 0.00000172. The summed E-state index contributed by atoms with van der Waals surface area (Å²) in [6, 6.07) is 8.81. The molecule has 0 amide bonds. The Kier molecular flexibility index (Phi) is 19.6. The molecule has 0 saturated carbocycles. The van der Waals surface area contributed by atoms with Gasteiger partial charge in [0, 0.05) is 13.0 Å². The van der Waals surface area contributed by atoms with Crippen LogP contribution in [0.25, 0.3) is 0 Å². The van der Waals surface area contributed by atoms with E-state index < -0.39 is 0 Å². The van der Waals surface area contributed by atoms with Gasteiger partial charge in [-0.25, -0.2) is 0 Å². The average Bonchev–Trinajstić information content (AvgIpc) is 2.77. The van der Waals surface area contributed by atoms with Gasteiger partial charge in [0.25, 0.3) is 0 Å². The molecule has 5 nitrogen and oxygen atoms in total. The molecule has 182 valence electrons. The predicted octanol–water partition coefficient (Wildman–Crippen LogP) is 6.05. The number of aliphatic hydroxyl groups excluding tert-OH is 1. The second-order valence-corrected chi connectivity index (χ2v) is 8.39. The highest BCUT2D eigenvalue weighted by atomic mass is 16.6. The zero-order valence-corrected chi connectivity index (χ0v) is 20.9. The molecule has 0 aromatic heterocycles. The summed E-state index contributed by atoms with van der Waals surface area (Å²) in [5, 5.41) is 15.2. The molecule has 1 aromatic carbocycles. The largest absolute Gasteiger partial charge is 0.396 e. The van der Waals surface area contributed by atoms with Crippen LogP contribution in [0.2, 0.25) is 0 Å². The summed E-state index contributed by atoms with van der Waals surface area (Å²) in [6.07, 6.45) is 13.0. The van der Waals surface area contributed by atoms with Crippen LogP contribution in [0.4, 0.5) is 0 Å². The lowest BCUT2D eigenvalue weighted by molar-refractivity contribution is -0.108. The fraction of sp³-hybridized carbons (Fsp3) is 0.630. The number of nitrogens with zero attached hydrogens (tertiary/aromatic N) is 1. The number of aryl methyl sites for hydroxylation is 1. The van der Waals surface area contributed by atoms with Gasteiger partial charge in [0.2, 0.25) is 0 Å². The third kappa shape index (κ3) is 15.8. The van der Waals surface area contributed by atoms with Crippen molar-refractivity contribution in [2.24, 2.45) is 11.1 Å². The topological polar surface area (TPSA) is 70.9 Å². The van der Waals surface area contributed by atoms with E-state index in [2.05, 4.69) is 62.1 Å². The maximum absolute atomic E-state index is 9.24. The summed E-state index contributed by atoms with van der Waals surface area (Å²) in [4.78, 5) is 14.7. The van der Waals surface area contributed by atoms with Crippen LogP contribution in [0.5, 0.6) is 0 Å². The first-order valence-electron chi connectivity index (χ1n) is 12.2. The second kappa shape index (κ2) is 20.9. The first kappa shape index (κ1) is 30.0. The van der Waals surface area contributed by atoms with Gasteiger partial charge in [0.1, 0.15) is 12.0 Å². The highest BCUT2D eigenvalue weighted by Gasteiger charge is 2.10. The molecular weight excluding hydrogens is 400 g/mol. The molecule has 0 heterocycles. The van der Waals surface area contributed by atoms with Crippen molar-refractivity contribution in [3.05, 3.63) is 47.7 Å². The first-order valence-corrected chi connectivity index (χ1v) is 12.2. The van der Waals surface area contributed by atoms with Gasteiger partial charge in [0.05, 0.1) is 12.3 Å². The fourth-order valence-corrected chi connectivity index (χ4v) is 3.19. The van der Waals surface area contributed by atoms with Crippen molar-refractivity contribution >= 4 is 12.0 Å². The first-order chi connectivity index (χ1) is 15.5. The minimum absolute atomic E-state index is 0.0243. The summed E-state index contributed by atoms with van der Waals surface area (Å²) in [7, 11) is 1.87. The smallest absolute Gasteiger partial charge is 0.141 e. The number of benzene rings is 1. The second-order valence-electron chi connectivity index (χ2n) is 8.39. The number of likely N-dealkylation sites (N-methyl/N-ethyl adjacent to an activating group) is 1. The summed E-state index contributed by atoms with van der Waals surface area (Å²) < 4.78 is 0. The standard InChI is InChI=1S/C24H40N2O.C3H6O2/c1-6-7-8-9-10-11-12-13-14-22-15-17-23(18-16-22)24(20(2)3)26-27-21(4)19-25-5;4-2-1-3-5/h15-18,20,25H,4,6-14,19H2,1-3,5H3;2,5H,1,3H2/b26-24+;. The van der Waals surface area contributed by atoms with Crippen LogP contribution in [0.3, 0.4) is 0 Å². The normalized spacial score (nSPS) is 11.1. The van der Waals surface area contributed by atoms with Crippen molar-refractivity contribution in [3.63, 3.8) is 0 Å². The molecule has 0 aliphatic rings. The fourth-order valence-electron chi connectivity index (χ4n) is 3.19. The van der Waals surface area contributed by atoms with E-state index in [-0.39, 0.29) is 13.0 Å². The maximum Gasteiger partial charge on any atom is 0.141 e. The molecule has 0 saturated heterocycles. The van der Waals surface area contributed by atoms with Crippen molar-refractivity contribution in [3.8, 4) is 0 Å². The molecule has 5 heteroatoms. The molecule has 1 rings (SSSR count). The lowest BCUT2D eigenvalue weighted by atomic mass is 9.97. The summed E-state index contributed by atoms with van der Waals surface area (Å²) in [5.41, 5.74) is 3.50. The third-order valence-corrected chi connectivity index (χ3v) is 5.01. The molecule has 2 N–H and O–H groups in total. The number of aliphatic hydroxyl groups is 1. The van der Waals surface area contributed by atoms with Gasteiger partial charge >= 0.3 is 0 Å². The third-order valence-electron chi connectivity index (χ3n) is 5.01. The maximum atomic E-state index is 9.24. The van der Waals surface area contributed by atoms with Gasteiger partial charge in [-0.2, -0.15) is 0 Å². The minimum Gasteiger partial charge on any atom is -0.396 e. The van der Waals surface area contributed by atoms with Crippen molar-refractivity contribution in [2.45, 2.75) is 85.0 Å². The van der Waals surface area contributed by atoms with E-state index in [1.54, 1.807) is 0 Å². The number of carbonyl (C=O) groups excluding carboxylic acids is 1. The number of aldehydes is 1. The van der Waals surface area contributed by atoms with E-state index in [0.717, 1.165) is 11.3 Å². The number of hydrogen-bond acceptors (Lipinski definition) is 5. The SMILES string of the molecule is C=C(CNC)O/N=C(/c1ccc(CCCCCCCCCC)cc1)C(C)C.O=CCCO. The molecule has 32 heavy (non-hydrogen) atoms. The molecule has 0 aliphatic carbocycles. The highest BCUT2D eigenvalue weighted by molar-refractivity contribution is 6.01. The summed E-state index contributed by atoms with van der Waals surface area (Å²) in [6.45, 7) is 11.0. The van der Waals surface area contributed by atoms with Crippen LogP contribution in [0.1, 0.15) is 89.7 Å². The Morgan fingerprint density at radius 1 is 1.09 bits per heavy atom. The highest BCUT2D eigenvalue weighted by Crippen LogP contribution is 2.15. The number of rotatable bonds is 17. The molecule has 0 unspecified atom stereocenters. The van der Waals surface area contributed by atoms with Crippen molar-refractivity contribution < 1.29 is 14.7 Å². The van der Waals surface area contributed by atoms with Crippen LogP contribution >= 0.6 is 0 Å². The number of hydrogen-bond donors (Lipinski definition) is 2. The Bertz CT molecular complexity index is 624. The Hall–Kier alpha value is -1.98. The summed E-state index contributed by atoms with van der Waals surface area (Å²) >= 11 is 0. The van der Waals surface area contributed by atoms with E-state index in [0.29, 0.717) is 24.5 Å². The molecule has 1 aromatic rings. The van der Waals surface area contributed by atoms with E-state index in [9.17, 15) is 4.79 Å². The van der Waals surface area contributed by atoms with E-state index >= 15 is 0 Å². The Morgan fingerprint density at radius 2 is 1.69 bits per heavy atom. The number of unbranched alkanes of at least 4 members (excludes halogenated alkanes) is 7. The quantitative estimate of drug-likeness (QED) is 0.100. The molecule has 0 bridgehead atoms. The molecule has 0 atom stereocenters. The van der Waals surface area contributed by atoms with Gasteiger partial charge in [-0.05, 0) is 36.9 Å². The zero-order valence-electron chi connectivity index (χ0n) is 20.9.